The summed E-state index contributed by atoms with van der Waals surface area (Å²) < 4.78 is 5.86. The van der Waals surface area contributed by atoms with Crippen LogP contribution >= 0.6 is 12.4 Å². The Bertz CT molecular complexity index is 573. The van der Waals surface area contributed by atoms with Crippen LogP contribution in [0.1, 0.15) is 38.3 Å². The first-order valence-electron chi connectivity index (χ1n) is 7.29. The number of benzene rings is 1. The van der Waals surface area contributed by atoms with Gasteiger partial charge in [0, 0.05) is 17.7 Å². The monoisotopic (exact) mass is 328 g/mol. The highest BCUT2D eigenvalue weighted by molar-refractivity contribution is 5.85. The Morgan fingerprint density at radius 3 is 2.59 bits per heavy atom. The van der Waals surface area contributed by atoms with Gasteiger partial charge in [0.15, 0.2) is 0 Å². The Labute approximate surface area is 135 Å². The molecule has 0 bridgehead atoms. The summed E-state index contributed by atoms with van der Waals surface area (Å²) in [6, 6.07) is 4.39. The van der Waals surface area contributed by atoms with Gasteiger partial charge in [0.05, 0.1) is 11.0 Å². The largest absolute Gasteiger partial charge is 0.485 e. The van der Waals surface area contributed by atoms with E-state index in [1.165, 1.54) is 12.1 Å². The van der Waals surface area contributed by atoms with Crippen LogP contribution in [0.15, 0.2) is 18.2 Å². The fourth-order valence-electron chi connectivity index (χ4n) is 3.28. The summed E-state index contributed by atoms with van der Waals surface area (Å²) in [7, 11) is 0. The molecule has 0 radical (unpaired) electrons. The zero-order valence-electron chi connectivity index (χ0n) is 12.7. The highest BCUT2D eigenvalue weighted by Crippen LogP contribution is 2.44. The fraction of sp³-hybridized carbons (Fsp3) is 0.600. The average Bonchev–Trinajstić information content (AvgIpc) is 2.93. The number of nitro benzene ring substituents is 1. The predicted molar refractivity (Wildman–Crippen MR) is 84.6 cm³/mol. The molecule has 0 saturated carbocycles. The first-order chi connectivity index (χ1) is 9.90. The second-order valence-electron chi connectivity index (χ2n) is 6.32. The van der Waals surface area contributed by atoms with Crippen molar-refractivity contribution in [2.45, 2.75) is 44.4 Å². The fourth-order valence-corrected chi connectivity index (χ4v) is 3.28. The van der Waals surface area contributed by atoms with Gasteiger partial charge in [-0.1, -0.05) is 0 Å². The summed E-state index contributed by atoms with van der Waals surface area (Å²) >= 11 is 0. The third-order valence-corrected chi connectivity index (χ3v) is 4.44. The molecule has 2 atom stereocenters. The number of ether oxygens (including phenoxy) is 1. The van der Waals surface area contributed by atoms with Gasteiger partial charge in [-0.15, -0.1) is 12.4 Å². The van der Waals surface area contributed by atoms with Crippen LogP contribution in [0, 0.1) is 10.1 Å². The van der Waals surface area contributed by atoms with E-state index >= 15 is 0 Å². The summed E-state index contributed by atoms with van der Waals surface area (Å²) in [5, 5.41) is 21.7. The molecule has 122 valence electrons. The number of non-ortho nitro benzene ring substituents is 1. The van der Waals surface area contributed by atoms with E-state index in [2.05, 4.69) is 4.90 Å². The summed E-state index contributed by atoms with van der Waals surface area (Å²) in [6.07, 6.45) is 1.47. The van der Waals surface area contributed by atoms with Gasteiger partial charge >= 0.3 is 0 Å². The number of hydrogen-bond acceptors (Lipinski definition) is 5. The van der Waals surface area contributed by atoms with Crippen molar-refractivity contribution in [3.8, 4) is 5.75 Å². The second-order valence-corrected chi connectivity index (χ2v) is 6.32. The maximum Gasteiger partial charge on any atom is 0.270 e. The van der Waals surface area contributed by atoms with Gasteiger partial charge in [-0.3, -0.25) is 15.0 Å². The van der Waals surface area contributed by atoms with Crippen LogP contribution in [0.4, 0.5) is 5.69 Å². The van der Waals surface area contributed by atoms with E-state index in [9.17, 15) is 15.2 Å². The molecule has 2 aliphatic heterocycles. The van der Waals surface area contributed by atoms with Gasteiger partial charge in [0.2, 0.25) is 0 Å². The van der Waals surface area contributed by atoms with Crippen LogP contribution < -0.4 is 4.74 Å². The lowest BCUT2D eigenvalue weighted by atomic mass is 9.85. The van der Waals surface area contributed by atoms with E-state index in [1.54, 1.807) is 6.07 Å². The Balaban J connectivity index is 0.00000176. The number of aliphatic hydroxyl groups excluding tert-OH is 1. The van der Waals surface area contributed by atoms with E-state index in [0.717, 1.165) is 31.5 Å². The smallest absolute Gasteiger partial charge is 0.270 e. The molecule has 1 fully saturated rings. The molecule has 1 saturated heterocycles. The number of nitro groups is 1. The van der Waals surface area contributed by atoms with Crippen molar-refractivity contribution in [3.05, 3.63) is 33.9 Å². The lowest BCUT2D eigenvalue weighted by Gasteiger charge is -2.45. The SMILES string of the molecule is CC1(C)Oc2ccc([N+](=O)[O-])cc2[C@@H](N2CCCC2)[C@@H]1O.Cl. The number of likely N-dealkylation sites (tertiary alicyclic amines) is 1. The predicted octanol–water partition coefficient (Wildman–Crippen LogP) is 2.69. The molecule has 7 heteroatoms. The van der Waals surface area contributed by atoms with Crippen LogP contribution in [0.2, 0.25) is 0 Å². The standard InChI is InChI=1S/C15H20N2O4.ClH/c1-15(2)14(18)13(16-7-3-4-8-16)11-9-10(17(19)20)5-6-12(11)21-15;/h5-6,9,13-14,18H,3-4,7-8H2,1-2H3;1H/t13-,14+;/m1./s1. The van der Waals surface area contributed by atoms with Crippen molar-refractivity contribution < 1.29 is 14.8 Å². The normalized spacial score (nSPS) is 26.7. The molecule has 0 aliphatic carbocycles. The van der Waals surface area contributed by atoms with Crippen molar-refractivity contribution >= 4 is 18.1 Å². The Hall–Kier alpha value is -1.37. The summed E-state index contributed by atoms with van der Waals surface area (Å²) in [5.74, 6) is 0.632. The Kier molecular flexibility index (Phi) is 4.65. The Morgan fingerprint density at radius 1 is 1.36 bits per heavy atom. The number of hydrogen-bond donors (Lipinski definition) is 1. The molecule has 2 aliphatic rings. The van der Waals surface area contributed by atoms with Crippen LogP contribution in [0.5, 0.6) is 5.75 Å². The van der Waals surface area contributed by atoms with Crippen molar-refractivity contribution in [1.82, 2.24) is 4.90 Å². The lowest BCUT2D eigenvalue weighted by molar-refractivity contribution is -0.385. The van der Waals surface area contributed by atoms with Crippen LogP contribution in [0.3, 0.4) is 0 Å². The van der Waals surface area contributed by atoms with Crippen molar-refractivity contribution in [2.75, 3.05) is 13.1 Å². The van der Waals surface area contributed by atoms with E-state index in [1.807, 2.05) is 13.8 Å². The first-order valence-corrected chi connectivity index (χ1v) is 7.29. The topological polar surface area (TPSA) is 75.8 Å². The molecule has 0 aromatic heterocycles. The molecular formula is C15H21ClN2O4. The van der Waals surface area contributed by atoms with Gasteiger partial charge in [0.25, 0.3) is 5.69 Å². The quantitative estimate of drug-likeness (QED) is 0.667. The van der Waals surface area contributed by atoms with E-state index in [4.69, 9.17) is 4.74 Å². The van der Waals surface area contributed by atoms with Crippen LogP contribution in [-0.2, 0) is 0 Å². The minimum atomic E-state index is -0.717. The number of fused-ring (bicyclic) bond motifs is 1. The molecule has 1 N–H and O–H groups in total. The van der Waals surface area contributed by atoms with E-state index in [0.29, 0.717) is 5.75 Å². The van der Waals surface area contributed by atoms with Crippen molar-refractivity contribution in [2.24, 2.45) is 0 Å². The molecule has 3 rings (SSSR count). The molecule has 0 amide bonds. The number of halogens is 1. The Morgan fingerprint density at radius 2 is 2.00 bits per heavy atom. The zero-order chi connectivity index (χ0) is 15.2. The van der Waals surface area contributed by atoms with Crippen LogP contribution in [-0.4, -0.2) is 39.7 Å². The van der Waals surface area contributed by atoms with Gasteiger partial charge in [0.1, 0.15) is 17.5 Å². The van der Waals surface area contributed by atoms with E-state index < -0.39 is 16.6 Å². The van der Waals surface area contributed by atoms with Gasteiger partial charge < -0.3 is 9.84 Å². The third kappa shape index (κ3) is 2.78. The van der Waals surface area contributed by atoms with Gasteiger partial charge in [-0.2, -0.15) is 0 Å². The summed E-state index contributed by atoms with van der Waals surface area (Å²) in [5.41, 5.74) is 0.0440. The van der Waals surface area contributed by atoms with Gasteiger partial charge in [-0.05, 0) is 45.8 Å². The molecule has 2 heterocycles. The highest BCUT2D eigenvalue weighted by atomic mass is 35.5. The summed E-state index contributed by atoms with van der Waals surface area (Å²) in [6.45, 7) is 5.51. The highest BCUT2D eigenvalue weighted by Gasteiger charge is 2.46. The third-order valence-electron chi connectivity index (χ3n) is 4.44. The maximum absolute atomic E-state index is 11.0. The average molecular weight is 329 g/mol. The van der Waals surface area contributed by atoms with Crippen LogP contribution in [0.25, 0.3) is 0 Å². The lowest BCUT2D eigenvalue weighted by Crippen LogP contribution is -2.53. The zero-order valence-corrected chi connectivity index (χ0v) is 13.5. The molecule has 22 heavy (non-hydrogen) atoms. The number of nitrogens with zero attached hydrogens (tertiary/aromatic N) is 2. The van der Waals surface area contributed by atoms with Crippen molar-refractivity contribution in [1.29, 1.82) is 0 Å². The molecule has 1 aromatic rings. The molecule has 0 spiro atoms. The number of rotatable bonds is 2. The molecule has 0 unspecified atom stereocenters. The minimum absolute atomic E-state index is 0. The minimum Gasteiger partial charge on any atom is -0.485 e. The van der Waals surface area contributed by atoms with Crippen molar-refractivity contribution in [3.63, 3.8) is 0 Å². The maximum atomic E-state index is 11.0. The first kappa shape index (κ1) is 17.0. The van der Waals surface area contributed by atoms with Gasteiger partial charge in [-0.25, -0.2) is 0 Å². The molecule has 6 nitrogen and oxygen atoms in total. The molecular weight excluding hydrogens is 308 g/mol. The van der Waals surface area contributed by atoms with E-state index in [-0.39, 0.29) is 24.1 Å². The number of aliphatic hydroxyl groups is 1. The second kappa shape index (κ2) is 6.02. The molecule has 1 aromatic carbocycles. The summed E-state index contributed by atoms with van der Waals surface area (Å²) in [4.78, 5) is 12.8.